The number of nitrogens with one attached hydrogen (secondary N) is 1. The van der Waals surface area contributed by atoms with Gasteiger partial charge in [0.25, 0.3) is 0 Å². The molecule has 0 atom stereocenters. The number of hydrogen-bond donors (Lipinski definition) is 1. The van der Waals surface area contributed by atoms with Crippen LogP contribution in [0.5, 0.6) is 0 Å². The van der Waals surface area contributed by atoms with Crippen LogP contribution in [-0.2, 0) is 0 Å². The molecule has 100 valence electrons. The van der Waals surface area contributed by atoms with E-state index < -0.39 is 0 Å². The van der Waals surface area contributed by atoms with Crippen LogP contribution in [0.15, 0.2) is 53.4 Å². The molecule has 20 heavy (non-hydrogen) atoms. The maximum Gasteiger partial charge on any atom is 0.121 e. The van der Waals surface area contributed by atoms with Gasteiger partial charge in [0.05, 0.1) is 0 Å². The molecule has 2 nitrogen and oxygen atoms in total. The fourth-order valence-corrected chi connectivity index (χ4v) is 2.81. The lowest BCUT2D eigenvalue weighted by Gasteiger charge is -2.10. The molecule has 0 unspecified atom stereocenters. The van der Waals surface area contributed by atoms with Crippen molar-refractivity contribution in [2.75, 3.05) is 7.05 Å². The summed E-state index contributed by atoms with van der Waals surface area (Å²) in [6.07, 6.45) is 1.72. The Morgan fingerprint density at radius 2 is 2.15 bits per heavy atom. The zero-order valence-electron chi connectivity index (χ0n) is 11.6. The van der Waals surface area contributed by atoms with Crippen molar-refractivity contribution in [3.05, 3.63) is 64.5 Å². The topological polar surface area (TPSA) is 35.8 Å². The van der Waals surface area contributed by atoms with Crippen LogP contribution in [0.1, 0.15) is 11.1 Å². The van der Waals surface area contributed by atoms with Gasteiger partial charge in [-0.1, -0.05) is 24.8 Å². The van der Waals surface area contributed by atoms with Crippen molar-refractivity contribution in [2.24, 2.45) is 0 Å². The van der Waals surface area contributed by atoms with Crippen molar-refractivity contribution < 1.29 is 0 Å². The quantitative estimate of drug-likeness (QED) is 0.667. The fourth-order valence-electron chi connectivity index (χ4n) is 2.15. The molecule has 0 radical (unpaired) electrons. The van der Waals surface area contributed by atoms with Gasteiger partial charge in [0.15, 0.2) is 0 Å². The number of allylic oxidation sites excluding steroid dienone is 3. The van der Waals surface area contributed by atoms with Gasteiger partial charge in [0.1, 0.15) is 11.8 Å². The first-order valence-electron chi connectivity index (χ1n) is 6.28. The summed E-state index contributed by atoms with van der Waals surface area (Å²) in [5.41, 5.74) is 5.89. The predicted molar refractivity (Wildman–Crippen MR) is 86.3 cm³/mol. The molecule has 0 aliphatic heterocycles. The van der Waals surface area contributed by atoms with E-state index in [2.05, 4.69) is 59.9 Å². The van der Waals surface area contributed by atoms with E-state index in [0.717, 1.165) is 22.3 Å². The molecule has 0 bridgehead atoms. The molecular formula is C17H16N2S. The summed E-state index contributed by atoms with van der Waals surface area (Å²) in [7, 11) is 1.75. The van der Waals surface area contributed by atoms with E-state index in [1.54, 1.807) is 24.5 Å². The zero-order valence-corrected chi connectivity index (χ0v) is 12.4. The molecule has 1 heterocycles. The van der Waals surface area contributed by atoms with Gasteiger partial charge in [-0.05, 0) is 52.1 Å². The van der Waals surface area contributed by atoms with Crippen LogP contribution in [0.3, 0.4) is 0 Å². The lowest BCUT2D eigenvalue weighted by Crippen LogP contribution is -2.06. The van der Waals surface area contributed by atoms with Crippen molar-refractivity contribution in [1.82, 2.24) is 5.32 Å². The van der Waals surface area contributed by atoms with Gasteiger partial charge in [-0.25, -0.2) is 0 Å². The smallest absolute Gasteiger partial charge is 0.121 e. The van der Waals surface area contributed by atoms with Crippen molar-refractivity contribution in [3.8, 4) is 17.2 Å². The van der Waals surface area contributed by atoms with Crippen molar-refractivity contribution >= 4 is 16.9 Å². The van der Waals surface area contributed by atoms with Crippen LogP contribution in [0.25, 0.3) is 16.7 Å². The molecule has 2 aromatic rings. The average Bonchev–Trinajstić information content (AvgIpc) is 2.98. The Kier molecular flexibility index (Phi) is 4.39. The monoisotopic (exact) mass is 280 g/mol. The number of thiophene rings is 1. The van der Waals surface area contributed by atoms with E-state index in [0.29, 0.717) is 5.70 Å². The Morgan fingerprint density at radius 3 is 2.70 bits per heavy atom. The number of nitriles is 1. The minimum absolute atomic E-state index is 0.530. The van der Waals surface area contributed by atoms with E-state index in [-0.39, 0.29) is 0 Å². The Labute approximate surface area is 123 Å². The third-order valence-corrected chi connectivity index (χ3v) is 3.76. The van der Waals surface area contributed by atoms with Gasteiger partial charge >= 0.3 is 0 Å². The first kappa shape index (κ1) is 14.1. The maximum absolute atomic E-state index is 9.19. The van der Waals surface area contributed by atoms with Gasteiger partial charge in [0, 0.05) is 12.6 Å². The van der Waals surface area contributed by atoms with Gasteiger partial charge in [-0.2, -0.15) is 16.6 Å². The number of benzene rings is 1. The average molecular weight is 280 g/mol. The molecule has 0 amide bonds. The summed E-state index contributed by atoms with van der Waals surface area (Å²) in [6, 6.07) is 10.6. The molecule has 1 N–H and O–H groups in total. The highest BCUT2D eigenvalue weighted by Crippen LogP contribution is 2.28. The van der Waals surface area contributed by atoms with Crippen molar-refractivity contribution in [2.45, 2.75) is 6.92 Å². The molecule has 0 spiro atoms. The summed E-state index contributed by atoms with van der Waals surface area (Å²) >= 11 is 1.68. The lowest BCUT2D eigenvalue weighted by molar-refractivity contribution is 1.04. The molecule has 3 heteroatoms. The van der Waals surface area contributed by atoms with Crippen molar-refractivity contribution in [3.63, 3.8) is 0 Å². The van der Waals surface area contributed by atoms with Crippen LogP contribution in [0.2, 0.25) is 0 Å². The SMILES string of the molecule is C=C/C(=C(/C#N)NC)c1cc(C)cc(-c2ccsc2)c1. The maximum atomic E-state index is 9.19. The Bertz CT molecular complexity index is 688. The third-order valence-electron chi connectivity index (χ3n) is 3.08. The minimum atomic E-state index is 0.530. The van der Waals surface area contributed by atoms with Crippen molar-refractivity contribution in [1.29, 1.82) is 5.26 Å². The summed E-state index contributed by atoms with van der Waals surface area (Å²) in [5.74, 6) is 0. The Hall–Kier alpha value is -2.31. The van der Waals surface area contributed by atoms with Gasteiger partial charge < -0.3 is 5.32 Å². The van der Waals surface area contributed by atoms with Gasteiger partial charge in [0.2, 0.25) is 0 Å². The van der Waals surface area contributed by atoms with E-state index in [4.69, 9.17) is 0 Å². The number of rotatable bonds is 4. The molecule has 0 saturated carbocycles. The fraction of sp³-hybridized carbons (Fsp3) is 0.118. The largest absolute Gasteiger partial charge is 0.379 e. The van der Waals surface area contributed by atoms with Crippen LogP contribution in [0.4, 0.5) is 0 Å². The highest BCUT2D eigenvalue weighted by molar-refractivity contribution is 7.08. The second-order valence-electron chi connectivity index (χ2n) is 4.45. The van der Waals surface area contributed by atoms with E-state index >= 15 is 0 Å². The molecule has 0 aliphatic carbocycles. The first-order valence-corrected chi connectivity index (χ1v) is 7.23. The molecule has 2 rings (SSSR count). The summed E-state index contributed by atoms with van der Waals surface area (Å²) in [4.78, 5) is 0. The van der Waals surface area contributed by atoms with E-state index in [1.807, 2.05) is 0 Å². The number of hydrogen-bond acceptors (Lipinski definition) is 3. The highest BCUT2D eigenvalue weighted by atomic mass is 32.1. The van der Waals surface area contributed by atoms with Gasteiger partial charge in [-0.3, -0.25) is 0 Å². The molecule has 1 aromatic carbocycles. The Morgan fingerprint density at radius 1 is 1.35 bits per heavy atom. The molecule has 0 aliphatic rings. The zero-order chi connectivity index (χ0) is 14.5. The summed E-state index contributed by atoms with van der Waals surface area (Å²) < 4.78 is 0. The normalized spacial score (nSPS) is 11.4. The Balaban J connectivity index is 2.61. The third kappa shape index (κ3) is 2.81. The van der Waals surface area contributed by atoms with E-state index in [9.17, 15) is 5.26 Å². The number of aryl methyl sites for hydroxylation is 1. The summed E-state index contributed by atoms with van der Waals surface area (Å²) in [5, 5.41) is 16.3. The van der Waals surface area contributed by atoms with E-state index in [1.165, 1.54) is 5.56 Å². The van der Waals surface area contributed by atoms with Crippen LogP contribution in [-0.4, -0.2) is 7.05 Å². The minimum Gasteiger partial charge on any atom is -0.379 e. The van der Waals surface area contributed by atoms with Gasteiger partial charge in [-0.15, -0.1) is 0 Å². The lowest BCUT2D eigenvalue weighted by atomic mass is 9.96. The number of nitrogens with zero attached hydrogens (tertiary/aromatic N) is 1. The molecule has 0 saturated heterocycles. The molecule has 0 fully saturated rings. The predicted octanol–water partition coefficient (Wildman–Crippen LogP) is 4.36. The van der Waals surface area contributed by atoms with Crippen LogP contribution >= 0.6 is 11.3 Å². The summed E-state index contributed by atoms with van der Waals surface area (Å²) in [6.45, 7) is 5.89. The molecule has 1 aromatic heterocycles. The standard InChI is InChI=1S/C17H16N2S/c1-4-16(17(10-18)19-3)15-8-12(2)7-14(9-15)13-5-6-20-11-13/h4-9,11,19H,1H2,2-3H3/b17-16+. The van der Waals surface area contributed by atoms with Crippen LogP contribution < -0.4 is 5.32 Å². The second-order valence-corrected chi connectivity index (χ2v) is 5.23. The van der Waals surface area contributed by atoms with Crippen LogP contribution in [0, 0.1) is 18.3 Å². The first-order chi connectivity index (χ1) is 9.69. The molecular weight excluding hydrogens is 264 g/mol. The second kappa shape index (κ2) is 6.23. The highest BCUT2D eigenvalue weighted by Gasteiger charge is 2.08.